The van der Waals surface area contributed by atoms with Crippen LogP contribution < -0.4 is 10.2 Å². The van der Waals surface area contributed by atoms with Gasteiger partial charge in [-0.25, -0.2) is 14.8 Å². The summed E-state index contributed by atoms with van der Waals surface area (Å²) in [4.78, 5) is 45.3. The van der Waals surface area contributed by atoms with E-state index in [0.717, 1.165) is 36.0 Å². The van der Waals surface area contributed by atoms with E-state index in [9.17, 15) is 9.59 Å². The number of pyridine rings is 1. The van der Waals surface area contributed by atoms with E-state index in [0.29, 0.717) is 37.1 Å². The molecule has 3 aromatic heterocycles. The SMILES string of the molecule is C[C@H]1CN(c2ccc(Nc3ncc4cc5n(c4n3)C3CCCC3N(C)C5=O)nc2)CCN1C(=O)OC(C)(C)C. The third-order valence-electron chi connectivity index (χ3n) is 8.00. The molecule has 0 aromatic carbocycles. The Kier molecular flexibility index (Phi) is 6.11. The maximum absolute atomic E-state index is 13.0. The van der Waals surface area contributed by atoms with E-state index < -0.39 is 5.60 Å². The fourth-order valence-electron chi connectivity index (χ4n) is 6.12. The van der Waals surface area contributed by atoms with Crippen LogP contribution >= 0.6 is 0 Å². The van der Waals surface area contributed by atoms with Gasteiger partial charge in [-0.3, -0.25) is 4.79 Å². The number of aromatic nitrogens is 4. The van der Waals surface area contributed by atoms with E-state index in [2.05, 4.69) is 24.8 Å². The number of anilines is 3. The van der Waals surface area contributed by atoms with Crippen molar-refractivity contribution in [1.29, 1.82) is 0 Å². The zero-order valence-corrected chi connectivity index (χ0v) is 23.2. The fourth-order valence-corrected chi connectivity index (χ4v) is 6.12. The number of amides is 2. The van der Waals surface area contributed by atoms with Gasteiger partial charge in [0.15, 0.2) is 0 Å². The number of hydrogen-bond donors (Lipinski definition) is 1. The van der Waals surface area contributed by atoms with Crippen LogP contribution in [-0.4, -0.2) is 85.7 Å². The normalized spacial score (nSPS) is 23.2. The van der Waals surface area contributed by atoms with Crippen LogP contribution in [0, 0.1) is 0 Å². The molecule has 3 atom stereocenters. The smallest absolute Gasteiger partial charge is 0.410 e. The van der Waals surface area contributed by atoms with Crippen molar-refractivity contribution in [2.45, 2.75) is 70.7 Å². The Morgan fingerprint density at radius 1 is 1.10 bits per heavy atom. The molecule has 0 spiro atoms. The first-order chi connectivity index (χ1) is 18.6. The number of ether oxygens (including phenoxy) is 1. The standard InChI is InChI=1S/C28H36N8O3/c1-17-16-34(11-12-35(17)27(38)39-28(2,3)4)19-9-10-23(29-15-19)31-26-30-14-18-13-22-25(37)33(5)20-7-6-8-21(20)36(22)24(18)32-26/h9-10,13-15,17,20-21H,6-8,11-12,16H2,1-5H3,(H,29,30,31,32)/t17-,20?,21?/m0/s1. The highest BCUT2D eigenvalue weighted by molar-refractivity contribution is 5.99. The Morgan fingerprint density at radius 2 is 1.90 bits per heavy atom. The molecular formula is C28H36N8O3. The van der Waals surface area contributed by atoms with E-state index in [1.54, 1.807) is 11.1 Å². The van der Waals surface area contributed by atoms with Crippen LogP contribution in [0.3, 0.4) is 0 Å². The first kappa shape index (κ1) is 25.4. The highest BCUT2D eigenvalue weighted by atomic mass is 16.6. The fraction of sp³-hybridized carbons (Fsp3) is 0.536. The van der Waals surface area contributed by atoms with Crippen molar-refractivity contribution in [3.8, 4) is 0 Å². The van der Waals surface area contributed by atoms with Gasteiger partial charge in [-0.15, -0.1) is 0 Å². The van der Waals surface area contributed by atoms with Gasteiger partial charge < -0.3 is 29.3 Å². The van der Waals surface area contributed by atoms with Gasteiger partial charge in [-0.1, -0.05) is 0 Å². The Labute approximate surface area is 228 Å². The zero-order chi connectivity index (χ0) is 27.5. The van der Waals surface area contributed by atoms with Crippen molar-refractivity contribution in [3.05, 3.63) is 36.3 Å². The molecule has 1 aliphatic carbocycles. The molecule has 0 radical (unpaired) electrons. The molecule has 2 fully saturated rings. The van der Waals surface area contributed by atoms with Gasteiger partial charge in [-0.05, 0) is 65.2 Å². The summed E-state index contributed by atoms with van der Waals surface area (Å²) in [6, 6.07) is 6.32. The maximum Gasteiger partial charge on any atom is 0.410 e. The molecule has 5 heterocycles. The predicted octanol–water partition coefficient (Wildman–Crippen LogP) is 4.19. The Hall–Kier alpha value is -3.89. The summed E-state index contributed by atoms with van der Waals surface area (Å²) < 4.78 is 7.68. The molecule has 2 unspecified atom stereocenters. The lowest BCUT2D eigenvalue weighted by Crippen LogP contribution is -2.55. The van der Waals surface area contributed by atoms with Crippen LogP contribution in [0.2, 0.25) is 0 Å². The molecule has 0 bridgehead atoms. The van der Waals surface area contributed by atoms with E-state index >= 15 is 0 Å². The minimum absolute atomic E-state index is 0.0191. The molecular weight excluding hydrogens is 496 g/mol. The van der Waals surface area contributed by atoms with Crippen LogP contribution in [0.4, 0.5) is 22.2 Å². The van der Waals surface area contributed by atoms with Crippen LogP contribution in [0.5, 0.6) is 0 Å². The second-order valence-electron chi connectivity index (χ2n) is 11.8. The third kappa shape index (κ3) is 4.63. The summed E-state index contributed by atoms with van der Waals surface area (Å²) >= 11 is 0. The number of nitrogens with one attached hydrogen (secondary N) is 1. The number of piperazine rings is 1. The van der Waals surface area contributed by atoms with Crippen LogP contribution in [0.15, 0.2) is 30.6 Å². The highest BCUT2D eigenvalue weighted by Crippen LogP contribution is 2.41. The van der Waals surface area contributed by atoms with Gasteiger partial charge in [-0.2, -0.15) is 4.98 Å². The average molecular weight is 533 g/mol. The second kappa shape index (κ2) is 9.39. The van der Waals surface area contributed by atoms with E-state index in [1.165, 1.54) is 0 Å². The number of hydrogen-bond acceptors (Lipinski definition) is 8. The monoisotopic (exact) mass is 532 g/mol. The third-order valence-corrected chi connectivity index (χ3v) is 8.00. The zero-order valence-electron chi connectivity index (χ0n) is 23.2. The summed E-state index contributed by atoms with van der Waals surface area (Å²) in [5.41, 5.74) is 1.95. The molecule has 2 amide bonds. The Balaban J connectivity index is 1.16. The minimum Gasteiger partial charge on any atom is -0.444 e. The summed E-state index contributed by atoms with van der Waals surface area (Å²) in [6.07, 6.45) is 6.49. The van der Waals surface area contributed by atoms with Gasteiger partial charge in [0.1, 0.15) is 22.8 Å². The lowest BCUT2D eigenvalue weighted by atomic mass is 10.1. The lowest BCUT2D eigenvalue weighted by molar-refractivity contribution is 0.0159. The van der Waals surface area contributed by atoms with Crippen LogP contribution in [0.25, 0.3) is 11.0 Å². The highest BCUT2D eigenvalue weighted by Gasteiger charge is 2.42. The molecule has 39 heavy (non-hydrogen) atoms. The Morgan fingerprint density at radius 3 is 2.62 bits per heavy atom. The van der Waals surface area contributed by atoms with Crippen LogP contribution in [0.1, 0.15) is 63.5 Å². The van der Waals surface area contributed by atoms with E-state index in [1.807, 2.05) is 64.0 Å². The number of carbonyl (C=O) groups excluding carboxylic acids is 2. The van der Waals surface area contributed by atoms with Gasteiger partial charge in [0.25, 0.3) is 5.91 Å². The van der Waals surface area contributed by atoms with E-state index in [-0.39, 0.29) is 30.1 Å². The molecule has 3 aliphatic rings. The first-order valence-corrected chi connectivity index (χ1v) is 13.7. The number of fused-ring (bicyclic) bond motifs is 5. The van der Waals surface area contributed by atoms with Crippen molar-refractivity contribution < 1.29 is 14.3 Å². The van der Waals surface area contributed by atoms with Crippen LogP contribution in [-0.2, 0) is 4.74 Å². The van der Waals surface area contributed by atoms with Gasteiger partial charge in [0, 0.05) is 44.3 Å². The Bertz CT molecular complexity index is 1410. The summed E-state index contributed by atoms with van der Waals surface area (Å²) in [6.45, 7) is 9.67. The van der Waals surface area contributed by atoms with Crippen molar-refractivity contribution in [3.63, 3.8) is 0 Å². The number of likely N-dealkylation sites (N-methyl/N-ethyl adjacent to an activating group) is 1. The van der Waals surface area contributed by atoms with Crippen molar-refractivity contribution in [1.82, 2.24) is 29.3 Å². The van der Waals surface area contributed by atoms with E-state index in [4.69, 9.17) is 9.72 Å². The molecule has 3 aromatic rings. The first-order valence-electron chi connectivity index (χ1n) is 13.7. The largest absolute Gasteiger partial charge is 0.444 e. The van der Waals surface area contributed by atoms with Gasteiger partial charge >= 0.3 is 6.09 Å². The number of carbonyl (C=O) groups is 2. The molecule has 11 nitrogen and oxygen atoms in total. The average Bonchev–Trinajstić information content (AvgIpc) is 3.51. The van der Waals surface area contributed by atoms with Gasteiger partial charge in [0.2, 0.25) is 5.95 Å². The van der Waals surface area contributed by atoms with Crippen molar-refractivity contribution >= 4 is 40.5 Å². The van der Waals surface area contributed by atoms with Gasteiger partial charge in [0.05, 0.1) is 24.0 Å². The van der Waals surface area contributed by atoms with Crippen molar-refractivity contribution in [2.24, 2.45) is 0 Å². The topological polar surface area (TPSA) is 109 Å². The summed E-state index contributed by atoms with van der Waals surface area (Å²) in [5.74, 6) is 1.13. The molecule has 6 rings (SSSR count). The summed E-state index contributed by atoms with van der Waals surface area (Å²) in [7, 11) is 1.90. The minimum atomic E-state index is -0.511. The quantitative estimate of drug-likeness (QED) is 0.535. The lowest BCUT2D eigenvalue weighted by Gasteiger charge is -2.41. The maximum atomic E-state index is 13.0. The number of rotatable bonds is 3. The predicted molar refractivity (Wildman–Crippen MR) is 148 cm³/mol. The summed E-state index contributed by atoms with van der Waals surface area (Å²) in [5, 5.41) is 4.09. The molecule has 1 N–H and O–H groups in total. The molecule has 2 aliphatic heterocycles. The molecule has 11 heteroatoms. The second-order valence-corrected chi connectivity index (χ2v) is 11.8. The molecule has 206 valence electrons. The number of nitrogens with zero attached hydrogens (tertiary/aromatic N) is 7. The molecule has 1 saturated heterocycles. The van der Waals surface area contributed by atoms with Crippen molar-refractivity contribution in [2.75, 3.05) is 36.9 Å². The molecule has 1 saturated carbocycles.